The van der Waals surface area contributed by atoms with E-state index in [9.17, 15) is 10.1 Å². The van der Waals surface area contributed by atoms with Gasteiger partial charge in [-0.25, -0.2) is 0 Å². The summed E-state index contributed by atoms with van der Waals surface area (Å²) in [7, 11) is 0. The molecule has 0 spiro atoms. The zero-order valence-electron chi connectivity index (χ0n) is 12.2. The molecule has 2 heterocycles. The number of ether oxygens (including phenoxy) is 1. The number of aryl methyl sites for hydroxylation is 1. The zero-order chi connectivity index (χ0) is 14.7. The fourth-order valence-corrected chi connectivity index (χ4v) is 2.65. The molecule has 2 unspecified atom stereocenters. The molecule has 0 aromatic carbocycles. The molecule has 0 aliphatic carbocycles. The number of nitrogens with zero attached hydrogens (tertiary/aromatic N) is 2. The summed E-state index contributed by atoms with van der Waals surface area (Å²) in [6.45, 7) is 6.87. The van der Waals surface area contributed by atoms with Crippen LogP contribution in [0.3, 0.4) is 0 Å². The van der Waals surface area contributed by atoms with Crippen LogP contribution in [0.15, 0.2) is 6.20 Å². The van der Waals surface area contributed by atoms with Crippen LogP contribution in [0, 0.1) is 24.0 Å². The molecule has 2 rings (SSSR count). The first-order valence-electron chi connectivity index (χ1n) is 6.93. The summed E-state index contributed by atoms with van der Waals surface area (Å²) in [5.74, 6) is 0. The lowest BCUT2D eigenvalue weighted by molar-refractivity contribution is -0.386. The molecule has 6 nitrogen and oxygen atoms in total. The molecule has 2 atom stereocenters. The summed E-state index contributed by atoms with van der Waals surface area (Å²) >= 11 is 0. The second kappa shape index (κ2) is 6.28. The molecular formula is C14H21N3O3. The molecule has 1 N–H and O–H groups in total. The van der Waals surface area contributed by atoms with Crippen molar-refractivity contribution in [2.24, 2.45) is 0 Å². The minimum atomic E-state index is -0.327. The third-order valence-electron chi connectivity index (χ3n) is 3.80. The molecular weight excluding hydrogens is 258 g/mol. The maximum atomic E-state index is 11.1. The lowest BCUT2D eigenvalue weighted by atomic mass is 10.0. The Labute approximate surface area is 118 Å². The minimum Gasteiger partial charge on any atom is -0.378 e. The minimum absolute atomic E-state index is 0.178. The van der Waals surface area contributed by atoms with Gasteiger partial charge in [0.05, 0.1) is 16.7 Å². The quantitative estimate of drug-likeness (QED) is 0.675. The summed E-state index contributed by atoms with van der Waals surface area (Å²) in [6, 6.07) is 0.389. The topological polar surface area (TPSA) is 77.3 Å². The fourth-order valence-electron chi connectivity index (χ4n) is 2.65. The van der Waals surface area contributed by atoms with Crippen LogP contribution >= 0.6 is 0 Å². The van der Waals surface area contributed by atoms with Crippen LogP contribution in [-0.2, 0) is 11.3 Å². The Hall–Kier alpha value is -1.53. The van der Waals surface area contributed by atoms with Crippen molar-refractivity contribution in [1.82, 2.24) is 10.3 Å². The van der Waals surface area contributed by atoms with Crippen molar-refractivity contribution in [1.29, 1.82) is 0 Å². The van der Waals surface area contributed by atoms with Crippen molar-refractivity contribution < 1.29 is 9.66 Å². The predicted molar refractivity (Wildman–Crippen MR) is 75.6 cm³/mol. The highest BCUT2D eigenvalue weighted by molar-refractivity contribution is 5.47. The van der Waals surface area contributed by atoms with Gasteiger partial charge in [0, 0.05) is 36.5 Å². The van der Waals surface area contributed by atoms with Gasteiger partial charge in [0.1, 0.15) is 0 Å². The molecule has 0 radical (unpaired) electrons. The average Bonchev–Trinajstić information content (AvgIpc) is 2.37. The molecule has 1 saturated heterocycles. The number of hydrogen-bond donors (Lipinski definition) is 1. The van der Waals surface area contributed by atoms with Gasteiger partial charge in [-0.1, -0.05) is 0 Å². The van der Waals surface area contributed by atoms with E-state index in [0.29, 0.717) is 23.7 Å². The maximum absolute atomic E-state index is 11.1. The molecule has 1 aliphatic rings. The third-order valence-corrected chi connectivity index (χ3v) is 3.80. The van der Waals surface area contributed by atoms with Crippen molar-refractivity contribution in [3.63, 3.8) is 0 Å². The molecule has 6 heteroatoms. The van der Waals surface area contributed by atoms with E-state index in [1.54, 1.807) is 20.0 Å². The van der Waals surface area contributed by atoms with E-state index < -0.39 is 0 Å². The number of nitro groups is 1. The van der Waals surface area contributed by atoms with E-state index in [1.165, 1.54) is 0 Å². The van der Waals surface area contributed by atoms with Crippen molar-refractivity contribution >= 4 is 5.69 Å². The van der Waals surface area contributed by atoms with Crippen molar-refractivity contribution in [3.8, 4) is 0 Å². The normalized spacial score (nSPS) is 22.8. The first kappa shape index (κ1) is 14.9. The summed E-state index contributed by atoms with van der Waals surface area (Å²) in [4.78, 5) is 15.1. The Morgan fingerprint density at radius 1 is 1.55 bits per heavy atom. The van der Waals surface area contributed by atoms with E-state index >= 15 is 0 Å². The van der Waals surface area contributed by atoms with Crippen LogP contribution in [0.5, 0.6) is 0 Å². The van der Waals surface area contributed by atoms with Gasteiger partial charge in [-0.2, -0.15) is 0 Å². The first-order valence-corrected chi connectivity index (χ1v) is 6.93. The van der Waals surface area contributed by atoms with Crippen molar-refractivity contribution in [3.05, 3.63) is 33.1 Å². The monoisotopic (exact) mass is 279 g/mol. The van der Waals surface area contributed by atoms with Crippen LogP contribution in [0.1, 0.15) is 36.6 Å². The Balaban J connectivity index is 2.06. The molecule has 1 aromatic heterocycles. The SMILES string of the molecule is Cc1cnc(CNC2CCOC(C)C2)c(C)c1[N+](=O)[O-]. The Morgan fingerprint density at radius 3 is 2.95 bits per heavy atom. The van der Waals surface area contributed by atoms with Crippen molar-refractivity contribution in [2.45, 2.75) is 52.3 Å². The lowest BCUT2D eigenvalue weighted by Crippen LogP contribution is -2.37. The van der Waals surface area contributed by atoms with Gasteiger partial charge >= 0.3 is 0 Å². The van der Waals surface area contributed by atoms with Crippen LogP contribution in [0.4, 0.5) is 5.69 Å². The van der Waals surface area contributed by atoms with E-state index in [1.807, 2.05) is 0 Å². The van der Waals surface area contributed by atoms with Gasteiger partial charge in [0.2, 0.25) is 0 Å². The highest BCUT2D eigenvalue weighted by atomic mass is 16.6. The van der Waals surface area contributed by atoms with E-state index in [4.69, 9.17) is 4.74 Å². The largest absolute Gasteiger partial charge is 0.378 e. The smallest absolute Gasteiger partial charge is 0.278 e. The Kier molecular flexibility index (Phi) is 4.67. The van der Waals surface area contributed by atoms with E-state index in [-0.39, 0.29) is 16.7 Å². The van der Waals surface area contributed by atoms with Gasteiger partial charge in [0.15, 0.2) is 0 Å². The number of nitrogens with one attached hydrogen (secondary N) is 1. The first-order chi connectivity index (χ1) is 9.49. The maximum Gasteiger partial charge on any atom is 0.278 e. The van der Waals surface area contributed by atoms with Gasteiger partial charge in [-0.15, -0.1) is 0 Å². The number of pyridine rings is 1. The lowest BCUT2D eigenvalue weighted by Gasteiger charge is -2.28. The Bertz CT molecular complexity index is 505. The second-order valence-corrected chi connectivity index (χ2v) is 5.40. The summed E-state index contributed by atoms with van der Waals surface area (Å²) in [6.07, 6.45) is 3.78. The van der Waals surface area contributed by atoms with Crippen LogP contribution in [-0.4, -0.2) is 28.7 Å². The molecule has 0 saturated carbocycles. The molecule has 0 amide bonds. The third kappa shape index (κ3) is 3.32. The van der Waals surface area contributed by atoms with Crippen LogP contribution in [0.2, 0.25) is 0 Å². The molecule has 1 aromatic rings. The summed E-state index contributed by atoms with van der Waals surface area (Å²) < 4.78 is 5.51. The zero-order valence-corrected chi connectivity index (χ0v) is 12.2. The fraction of sp³-hybridized carbons (Fsp3) is 0.643. The highest BCUT2D eigenvalue weighted by Crippen LogP contribution is 2.24. The number of rotatable bonds is 4. The molecule has 1 fully saturated rings. The van der Waals surface area contributed by atoms with E-state index in [0.717, 1.165) is 25.1 Å². The molecule has 110 valence electrons. The summed E-state index contributed by atoms with van der Waals surface area (Å²) in [5.41, 5.74) is 2.19. The van der Waals surface area contributed by atoms with Crippen LogP contribution in [0.25, 0.3) is 0 Å². The van der Waals surface area contributed by atoms with Gasteiger partial charge in [0.25, 0.3) is 5.69 Å². The predicted octanol–water partition coefficient (Wildman–Crippen LogP) is 2.26. The highest BCUT2D eigenvalue weighted by Gasteiger charge is 2.21. The Morgan fingerprint density at radius 2 is 2.30 bits per heavy atom. The number of hydrogen-bond acceptors (Lipinski definition) is 5. The van der Waals surface area contributed by atoms with Crippen LogP contribution < -0.4 is 5.32 Å². The second-order valence-electron chi connectivity index (χ2n) is 5.40. The standard InChI is InChI=1S/C14H21N3O3/c1-9-7-16-13(11(3)14(9)17(18)19)8-15-12-4-5-20-10(2)6-12/h7,10,12,15H,4-6,8H2,1-3H3. The van der Waals surface area contributed by atoms with Crippen molar-refractivity contribution in [2.75, 3.05) is 6.61 Å². The molecule has 0 bridgehead atoms. The van der Waals surface area contributed by atoms with Gasteiger partial charge in [-0.3, -0.25) is 15.1 Å². The van der Waals surface area contributed by atoms with E-state index in [2.05, 4.69) is 17.2 Å². The van der Waals surface area contributed by atoms with Gasteiger partial charge < -0.3 is 10.1 Å². The molecule has 1 aliphatic heterocycles. The molecule has 20 heavy (non-hydrogen) atoms. The summed E-state index contributed by atoms with van der Waals surface area (Å²) in [5, 5.41) is 14.5. The van der Waals surface area contributed by atoms with Gasteiger partial charge in [-0.05, 0) is 33.6 Å². The number of aromatic nitrogens is 1. The average molecular weight is 279 g/mol.